The van der Waals surface area contributed by atoms with Gasteiger partial charge in [0, 0.05) is 50.5 Å². The molecule has 4 heteroatoms. The molecule has 0 radical (unpaired) electrons. The Kier molecular flexibility index (Phi) is 3.28. The topological polar surface area (TPSA) is 56.2 Å². The smallest absolute Gasteiger partial charge is 0.219 e. The Bertz CT molecular complexity index is 294. The van der Waals surface area contributed by atoms with Crippen molar-refractivity contribution in [3.05, 3.63) is 11.3 Å². The normalized spacial score (nSPS) is 16.9. The number of rotatable bonds is 2. The third-order valence-electron chi connectivity index (χ3n) is 2.54. The highest BCUT2D eigenvalue weighted by molar-refractivity contribution is 5.97. The van der Waals surface area contributed by atoms with Crippen molar-refractivity contribution in [1.29, 1.82) is 5.41 Å². The Balaban J connectivity index is 2.87. The van der Waals surface area contributed by atoms with E-state index in [1.54, 1.807) is 18.7 Å². The number of nitrogens with zero attached hydrogens (tertiary/aromatic N) is 1. The molecule has 0 aromatic heterocycles. The molecule has 2 N–H and O–H groups in total. The molecule has 0 unspecified atom stereocenters. The molecule has 1 aliphatic heterocycles. The summed E-state index contributed by atoms with van der Waals surface area (Å²) in [4.78, 5) is 12.9. The molecule has 0 saturated heterocycles. The van der Waals surface area contributed by atoms with Crippen molar-refractivity contribution < 1.29 is 4.79 Å². The van der Waals surface area contributed by atoms with E-state index in [9.17, 15) is 4.79 Å². The Morgan fingerprint density at radius 3 is 2.57 bits per heavy atom. The molecule has 78 valence electrons. The highest BCUT2D eigenvalue weighted by Crippen LogP contribution is 2.16. The molecule has 0 atom stereocenters. The van der Waals surface area contributed by atoms with Crippen LogP contribution in [0.2, 0.25) is 0 Å². The number of carbonyl (C=O) groups is 1. The summed E-state index contributed by atoms with van der Waals surface area (Å²) in [7, 11) is 1.86. The van der Waals surface area contributed by atoms with E-state index < -0.39 is 0 Å². The summed E-state index contributed by atoms with van der Waals surface area (Å²) in [5.41, 5.74) is 2.59. The predicted molar refractivity (Wildman–Crippen MR) is 56.4 cm³/mol. The van der Waals surface area contributed by atoms with Gasteiger partial charge in [0.1, 0.15) is 0 Å². The molecule has 0 aromatic carbocycles. The molecular formula is C10H17N3O. The molecule has 0 saturated carbocycles. The second-order valence-corrected chi connectivity index (χ2v) is 3.52. The SMILES string of the molecule is CNC1=C(C(C)=N)CN(C(C)=O)CC1. The predicted octanol–water partition coefficient (Wildman–Crippen LogP) is 0.752. The first-order valence-electron chi connectivity index (χ1n) is 4.77. The zero-order valence-corrected chi connectivity index (χ0v) is 8.98. The lowest BCUT2D eigenvalue weighted by Gasteiger charge is -2.29. The molecule has 1 rings (SSSR count). The first-order valence-corrected chi connectivity index (χ1v) is 4.77. The third-order valence-corrected chi connectivity index (χ3v) is 2.54. The van der Waals surface area contributed by atoms with Crippen LogP contribution in [-0.2, 0) is 4.79 Å². The van der Waals surface area contributed by atoms with Gasteiger partial charge < -0.3 is 15.6 Å². The number of amides is 1. The number of nitrogens with one attached hydrogen (secondary N) is 2. The lowest BCUT2D eigenvalue weighted by atomic mass is 10.0. The van der Waals surface area contributed by atoms with Gasteiger partial charge in [-0.3, -0.25) is 4.79 Å². The van der Waals surface area contributed by atoms with Crippen LogP contribution in [0.1, 0.15) is 20.3 Å². The molecule has 0 spiro atoms. The van der Waals surface area contributed by atoms with Crippen molar-refractivity contribution in [2.75, 3.05) is 20.1 Å². The molecule has 0 bridgehead atoms. The van der Waals surface area contributed by atoms with Crippen molar-refractivity contribution in [3.63, 3.8) is 0 Å². The van der Waals surface area contributed by atoms with Crippen LogP contribution in [0.25, 0.3) is 0 Å². The monoisotopic (exact) mass is 195 g/mol. The largest absolute Gasteiger partial charge is 0.391 e. The molecule has 4 nitrogen and oxygen atoms in total. The number of carbonyl (C=O) groups excluding carboxylic acids is 1. The molecular weight excluding hydrogens is 178 g/mol. The molecule has 0 fully saturated rings. The van der Waals surface area contributed by atoms with Gasteiger partial charge >= 0.3 is 0 Å². The molecule has 1 aliphatic rings. The van der Waals surface area contributed by atoms with Gasteiger partial charge in [0.2, 0.25) is 5.91 Å². The van der Waals surface area contributed by atoms with E-state index in [-0.39, 0.29) is 5.91 Å². The van der Waals surface area contributed by atoms with Crippen LogP contribution >= 0.6 is 0 Å². The summed E-state index contributed by atoms with van der Waals surface area (Å²) in [6.07, 6.45) is 0.821. The van der Waals surface area contributed by atoms with Gasteiger partial charge in [-0.05, 0) is 6.92 Å². The summed E-state index contributed by atoms with van der Waals surface area (Å²) in [5.74, 6) is 0.0823. The summed E-state index contributed by atoms with van der Waals surface area (Å²) in [6, 6.07) is 0. The fourth-order valence-electron chi connectivity index (χ4n) is 1.65. The van der Waals surface area contributed by atoms with Crippen LogP contribution in [-0.4, -0.2) is 36.7 Å². The van der Waals surface area contributed by atoms with E-state index in [0.717, 1.165) is 24.2 Å². The van der Waals surface area contributed by atoms with Crippen molar-refractivity contribution in [3.8, 4) is 0 Å². The average molecular weight is 195 g/mol. The Morgan fingerprint density at radius 2 is 2.14 bits per heavy atom. The fraction of sp³-hybridized carbons (Fsp3) is 0.600. The van der Waals surface area contributed by atoms with E-state index in [1.807, 2.05) is 7.05 Å². The van der Waals surface area contributed by atoms with Crippen molar-refractivity contribution >= 4 is 11.6 Å². The molecule has 1 amide bonds. The third kappa shape index (κ3) is 2.13. The summed E-state index contributed by atoms with van der Waals surface area (Å²) >= 11 is 0. The zero-order valence-electron chi connectivity index (χ0n) is 8.98. The Labute approximate surface area is 84.5 Å². The van der Waals surface area contributed by atoms with Gasteiger partial charge in [-0.25, -0.2) is 0 Å². The van der Waals surface area contributed by atoms with Gasteiger partial charge in [-0.15, -0.1) is 0 Å². The quantitative estimate of drug-likeness (QED) is 0.639. The fourth-order valence-corrected chi connectivity index (χ4v) is 1.65. The Morgan fingerprint density at radius 1 is 1.50 bits per heavy atom. The van der Waals surface area contributed by atoms with Crippen LogP contribution in [0.4, 0.5) is 0 Å². The van der Waals surface area contributed by atoms with E-state index in [0.29, 0.717) is 12.3 Å². The van der Waals surface area contributed by atoms with Gasteiger partial charge in [0.25, 0.3) is 0 Å². The maximum atomic E-state index is 11.2. The van der Waals surface area contributed by atoms with E-state index in [2.05, 4.69) is 5.32 Å². The first kappa shape index (κ1) is 10.8. The summed E-state index contributed by atoms with van der Waals surface area (Å²) < 4.78 is 0. The number of hydrogen-bond donors (Lipinski definition) is 2. The van der Waals surface area contributed by atoms with Gasteiger partial charge in [0.05, 0.1) is 0 Å². The average Bonchev–Trinajstić information content (AvgIpc) is 2.16. The molecule has 14 heavy (non-hydrogen) atoms. The molecule has 0 aromatic rings. The van der Waals surface area contributed by atoms with Crippen LogP contribution in [0.3, 0.4) is 0 Å². The standard InChI is InChI=1S/C10H17N3O/c1-7(11)9-6-13(8(2)14)5-4-10(9)12-3/h11-12H,4-6H2,1-3H3. The minimum atomic E-state index is 0.0823. The highest BCUT2D eigenvalue weighted by Gasteiger charge is 2.20. The maximum Gasteiger partial charge on any atom is 0.219 e. The maximum absolute atomic E-state index is 11.2. The molecule has 0 aliphatic carbocycles. The minimum Gasteiger partial charge on any atom is -0.391 e. The van der Waals surface area contributed by atoms with E-state index >= 15 is 0 Å². The van der Waals surface area contributed by atoms with Crippen LogP contribution in [0, 0.1) is 5.41 Å². The molecule has 1 heterocycles. The van der Waals surface area contributed by atoms with Gasteiger partial charge in [-0.1, -0.05) is 0 Å². The van der Waals surface area contributed by atoms with Crippen LogP contribution in [0.15, 0.2) is 11.3 Å². The van der Waals surface area contributed by atoms with Crippen LogP contribution in [0.5, 0.6) is 0 Å². The second kappa shape index (κ2) is 4.26. The lowest BCUT2D eigenvalue weighted by Crippen LogP contribution is -2.38. The minimum absolute atomic E-state index is 0.0823. The van der Waals surface area contributed by atoms with Gasteiger partial charge in [-0.2, -0.15) is 0 Å². The van der Waals surface area contributed by atoms with Crippen molar-refractivity contribution in [2.45, 2.75) is 20.3 Å². The summed E-state index contributed by atoms with van der Waals surface area (Å²) in [5, 5.41) is 10.7. The summed E-state index contributed by atoms with van der Waals surface area (Å²) in [6.45, 7) is 4.65. The highest BCUT2D eigenvalue weighted by atomic mass is 16.2. The van der Waals surface area contributed by atoms with Crippen molar-refractivity contribution in [1.82, 2.24) is 10.2 Å². The van der Waals surface area contributed by atoms with Gasteiger partial charge in [0.15, 0.2) is 0 Å². The lowest BCUT2D eigenvalue weighted by molar-refractivity contribution is -0.128. The Hall–Kier alpha value is -1.32. The second-order valence-electron chi connectivity index (χ2n) is 3.52. The van der Waals surface area contributed by atoms with Crippen LogP contribution < -0.4 is 5.32 Å². The number of hydrogen-bond acceptors (Lipinski definition) is 3. The van der Waals surface area contributed by atoms with E-state index in [1.165, 1.54) is 0 Å². The van der Waals surface area contributed by atoms with Crippen molar-refractivity contribution in [2.24, 2.45) is 0 Å². The zero-order chi connectivity index (χ0) is 10.7. The first-order chi connectivity index (χ1) is 6.56. The van der Waals surface area contributed by atoms with E-state index in [4.69, 9.17) is 5.41 Å².